The summed E-state index contributed by atoms with van der Waals surface area (Å²) < 4.78 is 10.5. The van der Waals surface area contributed by atoms with Crippen molar-refractivity contribution in [3.05, 3.63) is 0 Å². The Kier molecular flexibility index (Phi) is 11.3. The maximum Gasteiger partial charge on any atom is 0.0700 e. The average Bonchev–Trinajstić information content (AvgIpc) is 2.30. The fourth-order valence-electron chi connectivity index (χ4n) is 2.08. The number of hydrogen-bond acceptors (Lipinski definition) is 3. The molecule has 0 saturated heterocycles. The Labute approximate surface area is 101 Å². The Morgan fingerprint density at radius 1 is 1.00 bits per heavy atom. The van der Waals surface area contributed by atoms with Crippen LogP contribution in [-0.2, 0) is 9.47 Å². The molecule has 0 heterocycles. The van der Waals surface area contributed by atoms with Crippen LogP contribution in [0.1, 0.15) is 40.0 Å². The number of hydrogen-bond donors (Lipinski definition) is 1. The van der Waals surface area contributed by atoms with E-state index in [4.69, 9.17) is 9.47 Å². The molecule has 0 rings (SSSR count). The second-order valence-electron chi connectivity index (χ2n) is 4.13. The third kappa shape index (κ3) is 7.20. The highest BCUT2D eigenvalue weighted by atomic mass is 16.5. The van der Waals surface area contributed by atoms with E-state index in [0.29, 0.717) is 19.3 Å². The van der Waals surface area contributed by atoms with Gasteiger partial charge in [0, 0.05) is 19.8 Å². The van der Waals surface area contributed by atoms with E-state index < -0.39 is 0 Å². The first-order valence-electron chi connectivity index (χ1n) is 6.60. The molecule has 98 valence electrons. The van der Waals surface area contributed by atoms with Crippen LogP contribution in [0, 0.1) is 5.92 Å². The van der Waals surface area contributed by atoms with Crippen molar-refractivity contribution in [3.8, 4) is 0 Å². The van der Waals surface area contributed by atoms with Crippen LogP contribution in [-0.4, -0.2) is 39.5 Å². The van der Waals surface area contributed by atoms with E-state index in [1.54, 1.807) is 7.11 Å². The molecule has 16 heavy (non-hydrogen) atoms. The van der Waals surface area contributed by atoms with Crippen LogP contribution in [0.4, 0.5) is 0 Å². The average molecular weight is 231 g/mol. The van der Waals surface area contributed by atoms with Gasteiger partial charge in [-0.1, -0.05) is 33.6 Å². The van der Waals surface area contributed by atoms with Crippen molar-refractivity contribution >= 4 is 0 Å². The largest absolute Gasteiger partial charge is 0.382 e. The predicted octanol–water partition coefficient (Wildman–Crippen LogP) is 2.45. The summed E-state index contributed by atoms with van der Waals surface area (Å²) in [6.45, 7) is 9.97. The van der Waals surface area contributed by atoms with Gasteiger partial charge in [-0.15, -0.1) is 0 Å². The molecule has 1 atom stereocenters. The minimum atomic E-state index is 0.600. The number of nitrogens with one attached hydrogen (secondary N) is 1. The maximum atomic E-state index is 5.53. The zero-order valence-electron chi connectivity index (χ0n) is 11.4. The molecule has 0 aromatic rings. The molecule has 0 saturated carbocycles. The molecule has 3 heteroatoms. The fraction of sp³-hybridized carbons (Fsp3) is 1.00. The van der Waals surface area contributed by atoms with Crippen molar-refractivity contribution in [2.75, 3.05) is 33.5 Å². The highest BCUT2D eigenvalue weighted by molar-refractivity contribution is 4.74. The van der Waals surface area contributed by atoms with Gasteiger partial charge in [0.25, 0.3) is 0 Å². The molecule has 0 radical (unpaired) electrons. The molecule has 0 aliphatic heterocycles. The van der Waals surface area contributed by atoms with E-state index in [-0.39, 0.29) is 0 Å². The molecule has 0 bridgehead atoms. The Morgan fingerprint density at radius 3 is 2.19 bits per heavy atom. The maximum absolute atomic E-state index is 5.53. The summed E-state index contributed by atoms with van der Waals surface area (Å²) in [4.78, 5) is 0. The van der Waals surface area contributed by atoms with Gasteiger partial charge in [0.15, 0.2) is 0 Å². The van der Waals surface area contributed by atoms with E-state index >= 15 is 0 Å². The third-order valence-corrected chi connectivity index (χ3v) is 3.09. The summed E-state index contributed by atoms with van der Waals surface area (Å²) >= 11 is 0. The lowest BCUT2D eigenvalue weighted by Crippen LogP contribution is -2.36. The molecule has 0 aromatic heterocycles. The standard InChI is InChI=1S/C13H29NO2/c1-5-12(6-2)13(14-7-3)8-9-16-11-10-15-4/h12-14H,5-11H2,1-4H3. The first-order chi connectivity index (χ1) is 7.79. The van der Waals surface area contributed by atoms with Gasteiger partial charge in [-0.3, -0.25) is 0 Å². The molecule has 0 fully saturated rings. The lowest BCUT2D eigenvalue weighted by atomic mass is 9.92. The number of rotatable bonds is 11. The molecular weight excluding hydrogens is 202 g/mol. The van der Waals surface area contributed by atoms with Gasteiger partial charge in [-0.05, 0) is 18.9 Å². The molecule has 3 nitrogen and oxygen atoms in total. The highest BCUT2D eigenvalue weighted by Crippen LogP contribution is 2.15. The van der Waals surface area contributed by atoms with E-state index in [1.807, 2.05) is 0 Å². The first-order valence-corrected chi connectivity index (χ1v) is 6.60. The van der Waals surface area contributed by atoms with Gasteiger partial charge in [-0.25, -0.2) is 0 Å². The minimum Gasteiger partial charge on any atom is -0.382 e. The highest BCUT2D eigenvalue weighted by Gasteiger charge is 2.16. The van der Waals surface area contributed by atoms with Crippen molar-refractivity contribution < 1.29 is 9.47 Å². The molecule has 0 amide bonds. The third-order valence-electron chi connectivity index (χ3n) is 3.09. The molecule has 1 unspecified atom stereocenters. The summed E-state index contributed by atoms with van der Waals surface area (Å²) in [5.74, 6) is 0.769. The summed E-state index contributed by atoms with van der Waals surface area (Å²) in [6, 6.07) is 0.600. The van der Waals surface area contributed by atoms with Crippen molar-refractivity contribution in [1.82, 2.24) is 5.32 Å². The van der Waals surface area contributed by atoms with Crippen molar-refractivity contribution in [1.29, 1.82) is 0 Å². The zero-order chi connectivity index (χ0) is 12.2. The lowest BCUT2D eigenvalue weighted by Gasteiger charge is -2.26. The lowest BCUT2D eigenvalue weighted by molar-refractivity contribution is 0.0626. The Bertz CT molecular complexity index is 138. The SMILES string of the molecule is CCNC(CCOCCOC)C(CC)CC. The molecular formula is C13H29NO2. The van der Waals surface area contributed by atoms with Crippen LogP contribution in [0.25, 0.3) is 0 Å². The molecule has 0 aromatic carbocycles. The summed E-state index contributed by atoms with van der Waals surface area (Å²) in [5.41, 5.74) is 0. The Balaban J connectivity index is 3.74. The molecule has 0 spiro atoms. The fourth-order valence-corrected chi connectivity index (χ4v) is 2.08. The van der Waals surface area contributed by atoms with Crippen LogP contribution in [0.5, 0.6) is 0 Å². The van der Waals surface area contributed by atoms with Crippen LogP contribution in [0.2, 0.25) is 0 Å². The normalized spacial score (nSPS) is 13.3. The van der Waals surface area contributed by atoms with Crippen LogP contribution in [0.15, 0.2) is 0 Å². The zero-order valence-corrected chi connectivity index (χ0v) is 11.4. The van der Waals surface area contributed by atoms with Gasteiger partial charge >= 0.3 is 0 Å². The van der Waals surface area contributed by atoms with Gasteiger partial charge in [0.1, 0.15) is 0 Å². The molecule has 1 N–H and O–H groups in total. The summed E-state index contributed by atoms with van der Waals surface area (Å²) in [6.07, 6.45) is 3.59. The summed E-state index contributed by atoms with van der Waals surface area (Å²) in [5, 5.41) is 3.56. The van der Waals surface area contributed by atoms with E-state index in [2.05, 4.69) is 26.1 Å². The molecule has 0 aliphatic carbocycles. The van der Waals surface area contributed by atoms with Gasteiger partial charge in [0.05, 0.1) is 13.2 Å². The Hall–Kier alpha value is -0.120. The van der Waals surface area contributed by atoms with Crippen molar-refractivity contribution in [2.45, 2.75) is 46.1 Å². The van der Waals surface area contributed by atoms with Crippen molar-refractivity contribution in [3.63, 3.8) is 0 Å². The smallest absolute Gasteiger partial charge is 0.0700 e. The van der Waals surface area contributed by atoms with E-state index in [9.17, 15) is 0 Å². The van der Waals surface area contributed by atoms with Gasteiger partial charge in [-0.2, -0.15) is 0 Å². The number of methoxy groups -OCH3 is 1. The monoisotopic (exact) mass is 231 g/mol. The van der Waals surface area contributed by atoms with Gasteiger partial charge < -0.3 is 14.8 Å². The van der Waals surface area contributed by atoms with Gasteiger partial charge in [0.2, 0.25) is 0 Å². The second kappa shape index (κ2) is 11.4. The number of ether oxygens (including phenoxy) is 2. The topological polar surface area (TPSA) is 30.5 Å². The van der Waals surface area contributed by atoms with E-state index in [1.165, 1.54) is 12.8 Å². The van der Waals surface area contributed by atoms with Crippen molar-refractivity contribution in [2.24, 2.45) is 5.92 Å². The van der Waals surface area contributed by atoms with Crippen LogP contribution < -0.4 is 5.32 Å². The van der Waals surface area contributed by atoms with Crippen LogP contribution in [0.3, 0.4) is 0 Å². The first kappa shape index (κ1) is 15.9. The minimum absolute atomic E-state index is 0.600. The second-order valence-corrected chi connectivity index (χ2v) is 4.13. The van der Waals surface area contributed by atoms with E-state index in [0.717, 1.165) is 25.5 Å². The molecule has 0 aliphatic rings. The predicted molar refractivity (Wildman–Crippen MR) is 68.8 cm³/mol. The quantitative estimate of drug-likeness (QED) is 0.554. The Morgan fingerprint density at radius 2 is 1.69 bits per heavy atom. The summed E-state index contributed by atoms with van der Waals surface area (Å²) in [7, 11) is 1.70. The van der Waals surface area contributed by atoms with Crippen LogP contribution >= 0.6 is 0 Å².